The molecule has 0 saturated carbocycles. The Labute approximate surface area is 253 Å². The summed E-state index contributed by atoms with van der Waals surface area (Å²) in [7, 11) is 0. The molecule has 0 aliphatic carbocycles. The summed E-state index contributed by atoms with van der Waals surface area (Å²) in [5, 5.41) is 15.2. The first-order valence-electron chi connectivity index (χ1n) is 13.7. The molecular formula is C29H29F6N5O5. The minimum atomic E-state index is -4.75. The predicted molar refractivity (Wildman–Crippen MR) is 147 cm³/mol. The van der Waals surface area contributed by atoms with Crippen LogP contribution >= 0.6 is 0 Å². The van der Waals surface area contributed by atoms with Gasteiger partial charge in [-0.2, -0.15) is 31.3 Å². The van der Waals surface area contributed by atoms with Crippen molar-refractivity contribution in [2.75, 3.05) is 6.54 Å². The van der Waals surface area contributed by atoms with Gasteiger partial charge in [0.2, 0.25) is 17.7 Å². The molecule has 16 heteroatoms. The van der Waals surface area contributed by atoms with Gasteiger partial charge in [-0.3, -0.25) is 5.32 Å². The van der Waals surface area contributed by atoms with Crippen LogP contribution in [0.1, 0.15) is 67.8 Å². The number of nitrogens with zero attached hydrogens (tertiary/aromatic N) is 4. The topological polar surface area (TPSA) is 130 Å². The number of hydrogen-bond acceptors (Lipinski definition) is 6. The van der Waals surface area contributed by atoms with Crippen LogP contribution in [0.25, 0.3) is 11.4 Å². The molecule has 1 atom stereocenters. The Morgan fingerprint density at radius 3 is 2.33 bits per heavy atom. The van der Waals surface area contributed by atoms with E-state index in [1.807, 2.05) is 0 Å². The van der Waals surface area contributed by atoms with Crippen LogP contribution in [-0.4, -0.2) is 50.4 Å². The van der Waals surface area contributed by atoms with Crippen LogP contribution in [0.15, 0.2) is 52.0 Å². The molecular weight excluding hydrogens is 612 g/mol. The molecule has 1 aliphatic heterocycles. The molecule has 0 unspecified atom stereocenters. The number of hydrogen-bond donors (Lipinski definition) is 2. The SMILES string of the molecule is CC(C)(C)OC(=O)N=C(NC(=O)O)N1CCC[C@H]1c1nc(-c2ccc(CCc3ccc(C(F)(F)F)cc3)c(C(F)(F)F)c2)no1. The van der Waals surface area contributed by atoms with E-state index in [2.05, 4.69) is 20.4 Å². The lowest BCUT2D eigenvalue weighted by Gasteiger charge is -2.25. The van der Waals surface area contributed by atoms with E-state index < -0.39 is 47.3 Å². The number of alkyl halides is 6. The van der Waals surface area contributed by atoms with Gasteiger partial charge in [-0.1, -0.05) is 29.4 Å². The summed E-state index contributed by atoms with van der Waals surface area (Å²) in [6.07, 6.45) is -10.9. The van der Waals surface area contributed by atoms with Gasteiger partial charge in [-0.15, -0.1) is 4.99 Å². The molecule has 0 radical (unpaired) electrons. The fourth-order valence-corrected chi connectivity index (χ4v) is 4.73. The maximum absolute atomic E-state index is 14.1. The number of halogens is 6. The highest BCUT2D eigenvalue weighted by Gasteiger charge is 2.36. The molecule has 1 aromatic heterocycles. The summed E-state index contributed by atoms with van der Waals surface area (Å²) in [6, 6.07) is 6.97. The number of carbonyl (C=O) groups is 2. The van der Waals surface area contributed by atoms with Gasteiger partial charge in [-0.25, -0.2) is 9.59 Å². The quantitative estimate of drug-likeness (QED) is 0.169. The number of benzene rings is 2. The lowest BCUT2D eigenvalue weighted by molar-refractivity contribution is -0.138. The van der Waals surface area contributed by atoms with Gasteiger partial charge in [0.15, 0.2) is 0 Å². The number of aryl methyl sites for hydroxylation is 2. The second kappa shape index (κ2) is 12.8. The number of aromatic nitrogens is 2. The lowest BCUT2D eigenvalue weighted by atomic mass is 9.97. The van der Waals surface area contributed by atoms with Crippen LogP contribution in [-0.2, 0) is 29.9 Å². The molecule has 45 heavy (non-hydrogen) atoms. The van der Waals surface area contributed by atoms with Crippen molar-refractivity contribution in [1.29, 1.82) is 0 Å². The molecule has 2 heterocycles. The third-order valence-electron chi connectivity index (χ3n) is 6.70. The van der Waals surface area contributed by atoms with Crippen molar-refractivity contribution >= 4 is 18.1 Å². The molecule has 4 rings (SSSR count). The molecule has 3 aromatic rings. The number of ether oxygens (including phenoxy) is 1. The Kier molecular flexibility index (Phi) is 9.44. The van der Waals surface area contributed by atoms with Crippen LogP contribution in [0.2, 0.25) is 0 Å². The Bertz CT molecular complexity index is 1560. The highest BCUT2D eigenvalue weighted by Crippen LogP contribution is 2.37. The summed E-state index contributed by atoms with van der Waals surface area (Å²) >= 11 is 0. The van der Waals surface area contributed by atoms with E-state index in [0.717, 1.165) is 18.2 Å². The summed E-state index contributed by atoms with van der Waals surface area (Å²) in [6.45, 7) is 5.08. The third kappa shape index (κ3) is 8.73. The van der Waals surface area contributed by atoms with Crippen molar-refractivity contribution in [2.24, 2.45) is 4.99 Å². The molecule has 2 N–H and O–H groups in total. The molecule has 242 valence electrons. The number of nitrogens with one attached hydrogen (secondary N) is 1. The molecule has 1 fully saturated rings. The smallest absolute Gasteiger partial charge is 0.437 e. The number of rotatable bonds is 5. The number of likely N-dealkylation sites (tertiary alicyclic amines) is 1. The minimum absolute atomic E-state index is 0.00791. The van der Waals surface area contributed by atoms with Crippen LogP contribution in [0, 0.1) is 0 Å². The van der Waals surface area contributed by atoms with Crippen molar-refractivity contribution in [1.82, 2.24) is 20.4 Å². The van der Waals surface area contributed by atoms with Crippen molar-refractivity contribution < 1.29 is 50.3 Å². The van der Waals surface area contributed by atoms with Gasteiger partial charge < -0.3 is 19.3 Å². The summed E-state index contributed by atoms with van der Waals surface area (Å²) in [5.74, 6) is -0.532. The second-order valence-electron chi connectivity index (χ2n) is 11.2. The highest BCUT2D eigenvalue weighted by molar-refractivity contribution is 5.98. The molecule has 2 amide bonds. The van der Waals surface area contributed by atoms with E-state index in [0.29, 0.717) is 18.4 Å². The van der Waals surface area contributed by atoms with E-state index >= 15 is 0 Å². The largest absolute Gasteiger partial charge is 0.465 e. The number of aliphatic imine (C=N–C) groups is 1. The standard InChI is InChI=1S/C29H29F6N5O5/c1-27(2,3)44-26(43)38-24(37-25(41)42)40-14-4-5-21(40)23-36-22(39-45-23)18-11-10-17(20(15-18)29(33,34)35)9-6-16-7-12-19(13-8-16)28(30,31)32/h7-8,10-13,15,21H,4-6,9,14H2,1-3H3,(H,41,42)(H,37,38,43)/t21-/m0/s1. The zero-order chi connectivity index (χ0) is 33.2. The van der Waals surface area contributed by atoms with Crippen LogP contribution < -0.4 is 5.32 Å². The number of guanidine groups is 1. The normalized spacial score (nSPS) is 16.2. The van der Waals surface area contributed by atoms with Gasteiger partial charge in [0.05, 0.1) is 11.1 Å². The molecule has 2 aromatic carbocycles. The van der Waals surface area contributed by atoms with Gasteiger partial charge in [0.25, 0.3) is 0 Å². The maximum Gasteiger partial charge on any atom is 0.437 e. The molecule has 0 spiro atoms. The van der Waals surface area contributed by atoms with E-state index in [1.54, 1.807) is 20.8 Å². The maximum atomic E-state index is 14.1. The van der Waals surface area contributed by atoms with Crippen LogP contribution in [0.4, 0.5) is 35.9 Å². The summed E-state index contributed by atoms with van der Waals surface area (Å²) in [4.78, 5) is 33.2. The molecule has 10 nitrogen and oxygen atoms in total. The van der Waals surface area contributed by atoms with E-state index in [-0.39, 0.29) is 48.2 Å². The monoisotopic (exact) mass is 641 g/mol. The van der Waals surface area contributed by atoms with Crippen LogP contribution in [0.3, 0.4) is 0 Å². The van der Waals surface area contributed by atoms with Crippen molar-refractivity contribution in [3.8, 4) is 11.4 Å². The van der Waals surface area contributed by atoms with Gasteiger partial charge in [0, 0.05) is 12.1 Å². The predicted octanol–water partition coefficient (Wildman–Crippen LogP) is 7.26. The van der Waals surface area contributed by atoms with Crippen molar-refractivity contribution in [3.05, 3.63) is 70.6 Å². The van der Waals surface area contributed by atoms with E-state index in [4.69, 9.17) is 9.26 Å². The second-order valence-corrected chi connectivity index (χ2v) is 11.2. The number of carboxylic acid groups (broad SMARTS) is 1. The van der Waals surface area contributed by atoms with Gasteiger partial charge in [-0.05, 0) is 75.8 Å². The number of carbonyl (C=O) groups excluding carboxylic acids is 1. The molecule has 0 bridgehead atoms. The third-order valence-corrected chi connectivity index (χ3v) is 6.70. The first kappa shape index (κ1) is 33.3. The van der Waals surface area contributed by atoms with Crippen molar-refractivity contribution in [2.45, 2.75) is 70.4 Å². The van der Waals surface area contributed by atoms with Crippen molar-refractivity contribution in [3.63, 3.8) is 0 Å². The minimum Gasteiger partial charge on any atom is -0.465 e. The zero-order valence-corrected chi connectivity index (χ0v) is 24.3. The van der Waals surface area contributed by atoms with E-state index in [9.17, 15) is 41.0 Å². The van der Waals surface area contributed by atoms with E-state index in [1.165, 1.54) is 29.2 Å². The fourth-order valence-electron chi connectivity index (χ4n) is 4.73. The molecule has 1 aliphatic rings. The summed E-state index contributed by atoms with van der Waals surface area (Å²) in [5.41, 5.74) is -2.34. The Balaban J connectivity index is 1.56. The summed E-state index contributed by atoms with van der Waals surface area (Å²) < 4.78 is 91.1. The highest BCUT2D eigenvalue weighted by atomic mass is 19.4. The Morgan fingerprint density at radius 1 is 1.04 bits per heavy atom. The fraction of sp³-hybridized carbons (Fsp3) is 0.414. The first-order valence-corrected chi connectivity index (χ1v) is 13.7. The zero-order valence-electron chi connectivity index (χ0n) is 24.3. The Morgan fingerprint density at radius 2 is 1.73 bits per heavy atom. The first-order chi connectivity index (χ1) is 20.9. The molecule has 1 saturated heterocycles. The lowest BCUT2D eigenvalue weighted by Crippen LogP contribution is -2.44. The number of amides is 2. The Hall–Kier alpha value is -4.63. The average molecular weight is 642 g/mol. The van der Waals surface area contributed by atoms with Gasteiger partial charge >= 0.3 is 24.5 Å². The van der Waals surface area contributed by atoms with Gasteiger partial charge in [0.1, 0.15) is 11.6 Å². The average Bonchev–Trinajstić information content (AvgIpc) is 3.59. The van der Waals surface area contributed by atoms with Crippen LogP contribution in [0.5, 0.6) is 0 Å².